The Morgan fingerprint density at radius 1 is 1.09 bits per heavy atom. The molecule has 6 nitrogen and oxygen atoms in total. The minimum Gasteiger partial charge on any atom is -0.493 e. The molecule has 0 aliphatic heterocycles. The highest BCUT2D eigenvalue weighted by Crippen LogP contribution is 2.38. The van der Waals surface area contributed by atoms with E-state index < -0.39 is 9.84 Å². The molecule has 0 atom stereocenters. The first-order valence-electron chi connectivity index (χ1n) is 6.84. The molecule has 0 spiro atoms. The minimum absolute atomic E-state index is 0.00774. The van der Waals surface area contributed by atoms with Crippen LogP contribution in [0.5, 0.6) is 5.88 Å². The van der Waals surface area contributed by atoms with Gasteiger partial charge in [-0.25, -0.2) is 8.42 Å². The van der Waals surface area contributed by atoms with Gasteiger partial charge in [-0.05, 0) is 28.9 Å². The molecule has 7 heteroatoms. The smallest absolute Gasteiger partial charge is 0.222 e. The zero-order chi connectivity index (χ0) is 16.6. The summed E-state index contributed by atoms with van der Waals surface area (Å²) in [5.74, 6) is -0.201. The van der Waals surface area contributed by atoms with E-state index in [4.69, 9.17) is 0 Å². The molecule has 2 aromatic carbocycles. The number of nitroso groups, excluding NO2 is 1. The standard InChI is InChI=1S/C16H14N2O4S/c1-23(21,22)12-8-6-11(7-9-12)10-18-14-5-3-2-4-13(14)15(17-20)16(18)19/h2-9,19H,10H2,1H3. The number of sulfone groups is 1. The molecule has 0 amide bonds. The van der Waals surface area contributed by atoms with Crippen LogP contribution in [-0.4, -0.2) is 24.3 Å². The van der Waals surface area contributed by atoms with Crippen LogP contribution < -0.4 is 0 Å². The molecular weight excluding hydrogens is 316 g/mol. The van der Waals surface area contributed by atoms with Gasteiger partial charge < -0.3 is 9.67 Å². The summed E-state index contributed by atoms with van der Waals surface area (Å²) in [7, 11) is -3.25. The Labute approximate surface area is 132 Å². The van der Waals surface area contributed by atoms with E-state index in [0.717, 1.165) is 11.8 Å². The third kappa shape index (κ3) is 2.70. The fourth-order valence-corrected chi connectivity index (χ4v) is 3.18. The van der Waals surface area contributed by atoms with Gasteiger partial charge in [-0.3, -0.25) is 0 Å². The van der Waals surface area contributed by atoms with Gasteiger partial charge in [0.1, 0.15) is 0 Å². The number of nitrogens with zero attached hydrogens (tertiary/aromatic N) is 2. The number of hydrogen-bond acceptors (Lipinski definition) is 5. The number of benzene rings is 2. The van der Waals surface area contributed by atoms with E-state index in [2.05, 4.69) is 5.18 Å². The zero-order valence-electron chi connectivity index (χ0n) is 12.3. The molecule has 0 radical (unpaired) electrons. The Bertz CT molecular complexity index is 989. The van der Waals surface area contributed by atoms with Crippen LogP contribution in [0.25, 0.3) is 10.9 Å². The number of fused-ring (bicyclic) bond motifs is 1. The largest absolute Gasteiger partial charge is 0.493 e. The molecule has 1 aromatic heterocycles. The molecule has 3 aromatic rings. The molecule has 3 rings (SSSR count). The van der Waals surface area contributed by atoms with Gasteiger partial charge in [-0.15, -0.1) is 4.91 Å². The Balaban J connectivity index is 2.05. The van der Waals surface area contributed by atoms with Crippen molar-refractivity contribution in [1.82, 2.24) is 4.57 Å². The summed E-state index contributed by atoms with van der Waals surface area (Å²) in [6.07, 6.45) is 1.15. The van der Waals surface area contributed by atoms with Crippen molar-refractivity contribution in [2.75, 3.05) is 6.26 Å². The maximum absolute atomic E-state index is 11.5. The van der Waals surface area contributed by atoms with Gasteiger partial charge in [0.15, 0.2) is 15.5 Å². The monoisotopic (exact) mass is 330 g/mol. The van der Waals surface area contributed by atoms with Crippen LogP contribution in [0.1, 0.15) is 5.56 Å². The third-order valence-corrected chi connectivity index (χ3v) is 4.83. The number of aromatic hydroxyl groups is 1. The van der Waals surface area contributed by atoms with Gasteiger partial charge in [-0.2, -0.15) is 0 Å². The lowest BCUT2D eigenvalue weighted by Gasteiger charge is -2.08. The average molecular weight is 330 g/mol. The molecule has 0 bridgehead atoms. The van der Waals surface area contributed by atoms with Gasteiger partial charge in [0.05, 0.1) is 17.0 Å². The molecule has 0 unspecified atom stereocenters. The van der Waals surface area contributed by atoms with Crippen LogP contribution in [-0.2, 0) is 16.4 Å². The first kappa shape index (κ1) is 15.2. The fourth-order valence-electron chi connectivity index (χ4n) is 2.55. The molecular formula is C16H14N2O4S. The van der Waals surface area contributed by atoms with E-state index in [-0.39, 0.29) is 16.5 Å². The van der Waals surface area contributed by atoms with E-state index >= 15 is 0 Å². The zero-order valence-corrected chi connectivity index (χ0v) is 13.1. The Morgan fingerprint density at radius 2 is 1.74 bits per heavy atom. The quantitative estimate of drug-likeness (QED) is 0.744. The van der Waals surface area contributed by atoms with Crippen LogP contribution in [0, 0.1) is 4.91 Å². The maximum atomic E-state index is 11.5. The van der Waals surface area contributed by atoms with E-state index in [1.165, 1.54) is 12.1 Å². The van der Waals surface area contributed by atoms with Crippen molar-refractivity contribution in [2.45, 2.75) is 11.4 Å². The Kier molecular flexibility index (Phi) is 3.65. The molecule has 0 aliphatic carbocycles. The molecule has 23 heavy (non-hydrogen) atoms. The van der Waals surface area contributed by atoms with Crippen molar-refractivity contribution >= 4 is 26.4 Å². The number of para-hydroxylation sites is 1. The van der Waals surface area contributed by atoms with Crippen molar-refractivity contribution in [2.24, 2.45) is 5.18 Å². The van der Waals surface area contributed by atoms with Crippen molar-refractivity contribution < 1.29 is 13.5 Å². The lowest BCUT2D eigenvalue weighted by molar-refractivity contribution is 0.430. The Morgan fingerprint density at radius 3 is 2.35 bits per heavy atom. The van der Waals surface area contributed by atoms with Crippen LogP contribution >= 0.6 is 0 Å². The van der Waals surface area contributed by atoms with Crippen LogP contribution in [0.2, 0.25) is 0 Å². The van der Waals surface area contributed by atoms with Crippen LogP contribution in [0.15, 0.2) is 58.6 Å². The third-order valence-electron chi connectivity index (χ3n) is 3.70. The van der Waals surface area contributed by atoms with E-state index in [9.17, 15) is 18.4 Å². The summed E-state index contributed by atoms with van der Waals surface area (Å²) >= 11 is 0. The molecule has 0 fully saturated rings. The molecule has 0 saturated carbocycles. The molecule has 118 valence electrons. The van der Waals surface area contributed by atoms with E-state index in [1.807, 2.05) is 0 Å². The molecule has 1 N–H and O–H groups in total. The minimum atomic E-state index is -3.25. The van der Waals surface area contributed by atoms with Gasteiger partial charge in [0.25, 0.3) is 0 Å². The van der Waals surface area contributed by atoms with E-state index in [1.54, 1.807) is 41.0 Å². The topological polar surface area (TPSA) is 88.7 Å². The van der Waals surface area contributed by atoms with Crippen molar-refractivity contribution in [3.8, 4) is 5.88 Å². The van der Waals surface area contributed by atoms with Gasteiger partial charge in [-0.1, -0.05) is 30.3 Å². The summed E-state index contributed by atoms with van der Waals surface area (Å²) in [5.41, 5.74) is 1.49. The second-order valence-corrected chi connectivity index (χ2v) is 7.30. The summed E-state index contributed by atoms with van der Waals surface area (Å²) in [5, 5.41) is 13.7. The second kappa shape index (κ2) is 5.51. The predicted molar refractivity (Wildman–Crippen MR) is 87.7 cm³/mol. The summed E-state index contributed by atoms with van der Waals surface area (Å²) < 4.78 is 24.5. The molecule has 0 saturated heterocycles. The summed E-state index contributed by atoms with van der Waals surface area (Å²) in [4.78, 5) is 11.2. The Hall–Kier alpha value is -2.67. The fraction of sp³-hybridized carbons (Fsp3) is 0.125. The first-order chi connectivity index (χ1) is 10.9. The predicted octanol–water partition coefficient (Wildman–Crippen LogP) is 3.20. The SMILES string of the molecule is CS(=O)(=O)c1ccc(Cn2c(O)c(N=O)c3ccccc32)cc1. The van der Waals surface area contributed by atoms with Crippen molar-refractivity contribution in [1.29, 1.82) is 0 Å². The van der Waals surface area contributed by atoms with Crippen molar-refractivity contribution in [3.63, 3.8) is 0 Å². The highest BCUT2D eigenvalue weighted by molar-refractivity contribution is 7.90. The van der Waals surface area contributed by atoms with Gasteiger partial charge >= 0.3 is 0 Å². The normalized spacial score (nSPS) is 11.7. The highest BCUT2D eigenvalue weighted by atomic mass is 32.2. The molecule has 0 aliphatic rings. The van der Waals surface area contributed by atoms with Gasteiger partial charge in [0.2, 0.25) is 5.88 Å². The molecule has 1 heterocycles. The first-order valence-corrected chi connectivity index (χ1v) is 8.73. The van der Waals surface area contributed by atoms with Crippen LogP contribution in [0.4, 0.5) is 5.69 Å². The number of hydrogen-bond donors (Lipinski definition) is 1. The van der Waals surface area contributed by atoms with Crippen LogP contribution in [0.3, 0.4) is 0 Å². The highest BCUT2D eigenvalue weighted by Gasteiger charge is 2.17. The number of aromatic nitrogens is 1. The lowest BCUT2D eigenvalue weighted by atomic mass is 10.2. The summed E-state index contributed by atoms with van der Waals surface area (Å²) in [6, 6.07) is 13.5. The average Bonchev–Trinajstić information content (AvgIpc) is 2.79. The van der Waals surface area contributed by atoms with Gasteiger partial charge in [0, 0.05) is 11.6 Å². The summed E-state index contributed by atoms with van der Waals surface area (Å²) in [6.45, 7) is 0.298. The van der Waals surface area contributed by atoms with E-state index in [0.29, 0.717) is 17.4 Å². The second-order valence-electron chi connectivity index (χ2n) is 5.28. The van der Waals surface area contributed by atoms with Crippen molar-refractivity contribution in [3.05, 3.63) is 59.0 Å². The maximum Gasteiger partial charge on any atom is 0.222 e. The lowest BCUT2D eigenvalue weighted by Crippen LogP contribution is -2.01. The number of rotatable bonds is 4.